The highest BCUT2D eigenvalue weighted by Gasteiger charge is 2.18. The van der Waals surface area contributed by atoms with Crippen molar-refractivity contribution in [2.45, 2.75) is 25.2 Å². The van der Waals surface area contributed by atoms with Crippen molar-refractivity contribution in [3.8, 4) is 0 Å². The predicted octanol–water partition coefficient (Wildman–Crippen LogP) is 3.47. The standard InChI is InChI=1S/C12H14Cl2O4S/c1-8(2)5-6-18-12(15)9-3-4-10(13)11(7-9)19(14,16)17/h3-4,7-8H,5-6H2,1-2H3. The van der Waals surface area contributed by atoms with Crippen LogP contribution in [0.15, 0.2) is 23.1 Å². The summed E-state index contributed by atoms with van der Waals surface area (Å²) in [6, 6.07) is 3.81. The maximum Gasteiger partial charge on any atom is 0.338 e. The highest BCUT2D eigenvalue weighted by molar-refractivity contribution is 8.13. The summed E-state index contributed by atoms with van der Waals surface area (Å²) in [5, 5.41) is -0.0336. The summed E-state index contributed by atoms with van der Waals surface area (Å²) in [7, 11) is 1.23. The van der Waals surface area contributed by atoms with Gasteiger partial charge < -0.3 is 4.74 Å². The van der Waals surface area contributed by atoms with Crippen LogP contribution in [-0.4, -0.2) is 21.0 Å². The number of rotatable bonds is 5. The van der Waals surface area contributed by atoms with Crippen LogP contribution in [0.2, 0.25) is 5.02 Å². The first-order valence-electron chi connectivity index (χ1n) is 5.63. The van der Waals surface area contributed by atoms with Gasteiger partial charge in [0.05, 0.1) is 17.2 Å². The molecule has 0 spiro atoms. The molecule has 0 aliphatic heterocycles. The smallest absolute Gasteiger partial charge is 0.338 e. The van der Waals surface area contributed by atoms with E-state index in [1.165, 1.54) is 12.1 Å². The van der Waals surface area contributed by atoms with E-state index < -0.39 is 15.0 Å². The molecule has 0 saturated heterocycles. The van der Waals surface area contributed by atoms with Crippen molar-refractivity contribution in [1.82, 2.24) is 0 Å². The van der Waals surface area contributed by atoms with Gasteiger partial charge >= 0.3 is 5.97 Å². The Bertz CT molecular complexity index is 567. The van der Waals surface area contributed by atoms with Crippen molar-refractivity contribution >= 4 is 37.3 Å². The van der Waals surface area contributed by atoms with E-state index >= 15 is 0 Å². The highest BCUT2D eigenvalue weighted by Crippen LogP contribution is 2.26. The lowest BCUT2D eigenvalue weighted by Gasteiger charge is -2.08. The Morgan fingerprint density at radius 1 is 1.37 bits per heavy atom. The summed E-state index contributed by atoms with van der Waals surface area (Å²) in [6.07, 6.45) is 0.736. The van der Waals surface area contributed by atoms with E-state index in [0.29, 0.717) is 5.92 Å². The zero-order valence-corrected chi connectivity index (χ0v) is 12.8. The van der Waals surface area contributed by atoms with Gasteiger partial charge in [-0.2, -0.15) is 0 Å². The van der Waals surface area contributed by atoms with E-state index in [1.54, 1.807) is 0 Å². The predicted molar refractivity (Wildman–Crippen MR) is 74.2 cm³/mol. The fraction of sp³-hybridized carbons (Fsp3) is 0.417. The molecule has 0 fully saturated rings. The molecule has 0 amide bonds. The second-order valence-electron chi connectivity index (χ2n) is 4.40. The number of carbonyl (C=O) groups is 1. The Balaban J connectivity index is 2.88. The molecule has 7 heteroatoms. The molecule has 4 nitrogen and oxygen atoms in total. The molecule has 0 aliphatic carbocycles. The van der Waals surface area contributed by atoms with Crippen LogP contribution < -0.4 is 0 Å². The van der Waals surface area contributed by atoms with Gasteiger partial charge in [0, 0.05) is 10.7 Å². The van der Waals surface area contributed by atoms with Gasteiger partial charge in [-0.15, -0.1) is 0 Å². The van der Waals surface area contributed by atoms with E-state index in [1.807, 2.05) is 13.8 Å². The zero-order valence-electron chi connectivity index (χ0n) is 10.5. The molecule has 0 saturated carbocycles. The molecule has 0 unspecified atom stereocenters. The van der Waals surface area contributed by atoms with Crippen molar-refractivity contribution in [2.75, 3.05) is 6.61 Å². The summed E-state index contributed by atoms with van der Waals surface area (Å²) in [5.41, 5.74) is 0.104. The second-order valence-corrected chi connectivity index (χ2v) is 7.34. The molecule has 0 N–H and O–H groups in total. The van der Waals surface area contributed by atoms with E-state index in [4.69, 9.17) is 27.0 Å². The first-order chi connectivity index (χ1) is 8.71. The summed E-state index contributed by atoms with van der Waals surface area (Å²) in [6.45, 7) is 4.30. The van der Waals surface area contributed by atoms with Gasteiger partial charge in [0.1, 0.15) is 4.90 Å². The van der Waals surface area contributed by atoms with Gasteiger partial charge in [-0.1, -0.05) is 25.4 Å². The Kier molecular flexibility index (Phi) is 5.64. The van der Waals surface area contributed by atoms with Crippen LogP contribution in [0.3, 0.4) is 0 Å². The van der Waals surface area contributed by atoms with Crippen LogP contribution in [0.25, 0.3) is 0 Å². The molecule has 1 aromatic carbocycles. The number of carbonyl (C=O) groups excluding carboxylic acids is 1. The first-order valence-corrected chi connectivity index (χ1v) is 8.32. The van der Waals surface area contributed by atoms with Gasteiger partial charge in [0.2, 0.25) is 0 Å². The normalized spacial score (nSPS) is 11.6. The van der Waals surface area contributed by atoms with Crippen LogP contribution in [0.1, 0.15) is 30.6 Å². The largest absolute Gasteiger partial charge is 0.462 e. The second kappa shape index (κ2) is 6.59. The van der Waals surface area contributed by atoms with Gasteiger partial charge in [0.15, 0.2) is 0 Å². The molecule has 106 valence electrons. The molecule has 0 aromatic heterocycles. The number of halogens is 2. The topological polar surface area (TPSA) is 60.4 Å². The van der Waals surface area contributed by atoms with Gasteiger partial charge in [-0.25, -0.2) is 13.2 Å². The Morgan fingerprint density at radius 2 is 2.00 bits per heavy atom. The Labute approximate surface area is 122 Å². The van der Waals surface area contributed by atoms with Gasteiger partial charge in [0.25, 0.3) is 9.05 Å². The minimum atomic E-state index is -3.99. The van der Waals surface area contributed by atoms with E-state index in [-0.39, 0.29) is 22.1 Å². The molecule has 0 atom stereocenters. The SMILES string of the molecule is CC(C)CCOC(=O)c1ccc(Cl)c(S(=O)(=O)Cl)c1. The van der Waals surface area contributed by atoms with Gasteiger partial charge in [-0.05, 0) is 30.5 Å². The number of hydrogen-bond acceptors (Lipinski definition) is 4. The molecular weight excluding hydrogens is 311 g/mol. The fourth-order valence-electron chi connectivity index (χ4n) is 1.29. The minimum Gasteiger partial charge on any atom is -0.462 e. The van der Waals surface area contributed by atoms with E-state index in [0.717, 1.165) is 12.5 Å². The lowest BCUT2D eigenvalue weighted by molar-refractivity contribution is 0.0488. The van der Waals surface area contributed by atoms with Crippen LogP contribution in [0.4, 0.5) is 0 Å². The van der Waals surface area contributed by atoms with Crippen molar-refractivity contribution in [3.05, 3.63) is 28.8 Å². The molecule has 0 aliphatic rings. The number of ether oxygens (including phenoxy) is 1. The average molecular weight is 325 g/mol. The van der Waals surface area contributed by atoms with Crippen molar-refractivity contribution in [1.29, 1.82) is 0 Å². The molecule has 1 rings (SSSR count). The van der Waals surface area contributed by atoms with Crippen LogP contribution in [-0.2, 0) is 13.8 Å². The van der Waals surface area contributed by atoms with Crippen LogP contribution in [0, 0.1) is 5.92 Å². The Morgan fingerprint density at radius 3 is 2.53 bits per heavy atom. The third-order valence-electron chi connectivity index (χ3n) is 2.36. The van der Waals surface area contributed by atoms with Crippen molar-refractivity contribution in [3.63, 3.8) is 0 Å². The molecule has 0 bridgehead atoms. The lowest BCUT2D eigenvalue weighted by atomic mass is 10.1. The summed E-state index contributed by atoms with van der Waals surface area (Å²) in [5.74, 6) is -0.185. The number of hydrogen-bond donors (Lipinski definition) is 0. The van der Waals surface area contributed by atoms with Crippen LogP contribution in [0.5, 0.6) is 0 Å². The monoisotopic (exact) mass is 324 g/mol. The molecule has 0 heterocycles. The molecule has 19 heavy (non-hydrogen) atoms. The fourth-order valence-corrected chi connectivity index (χ4v) is 2.78. The quantitative estimate of drug-likeness (QED) is 0.614. The highest BCUT2D eigenvalue weighted by atomic mass is 35.7. The zero-order chi connectivity index (χ0) is 14.6. The summed E-state index contributed by atoms with van der Waals surface area (Å²) in [4.78, 5) is 11.4. The lowest BCUT2D eigenvalue weighted by Crippen LogP contribution is -2.09. The molecular formula is C12H14Cl2O4S. The van der Waals surface area contributed by atoms with Gasteiger partial charge in [-0.3, -0.25) is 0 Å². The summed E-state index contributed by atoms with van der Waals surface area (Å²) < 4.78 is 27.5. The third kappa shape index (κ3) is 5.01. The summed E-state index contributed by atoms with van der Waals surface area (Å²) >= 11 is 5.72. The minimum absolute atomic E-state index is 0.0336. The Hall–Kier alpha value is -0.780. The van der Waals surface area contributed by atoms with E-state index in [2.05, 4.69) is 0 Å². The number of benzene rings is 1. The number of esters is 1. The maximum atomic E-state index is 11.7. The maximum absolute atomic E-state index is 11.7. The average Bonchev–Trinajstić information content (AvgIpc) is 2.27. The molecule has 1 aromatic rings. The molecule has 0 radical (unpaired) electrons. The third-order valence-corrected chi connectivity index (χ3v) is 4.16. The van der Waals surface area contributed by atoms with E-state index in [9.17, 15) is 13.2 Å². The van der Waals surface area contributed by atoms with Crippen molar-refractivity contribution in [2.24, 2.45) is 5.92 Å². The van der Waals surface area contributed by atoms with Crippen molar-refractivity contribution < 1.29 is 17.9 Å². The van der Waals surface area contributed by atoms with Crippen LogP contribution >= 0.6 is 22.3 Å². The first kappa shape index (κ1) is 16.3.